The number of esters is 2. The highest BCUT2D eigenvalue weighted by Gasteiger charge is 2.24. The normalized spacial score (nSPS) is 10.5. The van der Waals surface area contributed by atoms with Crippen LogP contribution in [0.25, 0.3) is 0 Å². The third-order valence-corrected chi connectivity index (χ3v) is 4.76. The van der Waals surface area contributed by atoms with Gasteiger partial charge in [-0.15, -0.1) is 0 Å². The van der Waals surface area contributed by atoms with Gasteiger partial charge in [-0.1, -0.05) is 23.2 Å². The molecule has 0 unspecified atom stereocenters. The Bertz CT molecular complexity index is 940. The van der Waals surface area contributed by atoms with Gasteiger partial charge in [-0.25, -0.2) is 14.6 Å². The molecule has 0 saturated heterocycles. The highest BCUT2D eigenvalue weighted by atomic mass is 35.5. The predicted octanol–water partition coefficient (Wildman–Crippen LogP) is 3.61. The molecule has 2 N–H and O–H groups in total. The van der Waals surface area contributed by atoms with E-state index < -0.39 is 24.5 Å². The molecule has 1 amide bonds. The zero-order chi connectivity index (χ0) is 21.0. The summed E-state index contributed by atoms with van der Waals surface area (Å²) in [5.41, 5.74) is 1.73. The fourth-order valence-electron chi connectivity index (χ4n) is 2.48. The molecule has 8 nitrogen and oxygen atoms in total. The summed E-state index contributed by atoms with van der Waals surface area (Å²) in [6.45, 7) is 6.22. The molecule has 0 aromatic carbocycles. The molecule has 0 spiro atoms. The molecular weight excluding hydrogens is 409 g/mol. The lowest BCUT2D eigenvalue weighted by molar-refractivity contribution is -0.119. The summed E-state index contributed by atoms with van der Waals surface area (Å²) in [6.07, 6.45) is 1.35. The number of hydrogen-bond acceptors (Lipinski definition) is 6. The molecule has 2 heterocycles. The molecule has 0 atom stereocenters. The standard InChI is InChI=1S/C18H19Cl2N3O5/c1-5-27-18(26)15-9(3)13(10(4)22-15)17(25)28-7-12(24)23-16-14(20)8(2)11(19)6-21-16/h6,22H,5,7H2,1-4H3,(H,21,23,24). The van der Waals surface area contributed by atoms with E-state index in [1.54, 1.807) is 27.7 Å². The maximum absolute atomic E-state index is 12.4. The number of nitrogens with one attached hydrogen (secondary N) is 2. The summed E-state index contributed by atoms with van der Waals surface area (Å²) in [5, 5.41) is 3.02. The van der Waals surface area contributed by atoms with Crippen molar-refractivity contribution in [1.29, 1.82) is 0 Å². The number of carbonyl (C=O) groups excluding carboxylic acids is 3. The van der Waals surface area contributed by atoms with Crippen molar-refractivity contribution in [1.82, 2.24) is 9.97 Å². The van der Waals surface area contributed by atoms with E-state index in [-0.39, 0.29) is 28.7 Å². The van der Waals surface area contributed by atoms with Crippen molar-refractivity contribution in [3.05, 3.63) is 44.3 Å². The third kappa shape index (κ3) is 4.63. The van der Waals surface area contributed by atoms with Crippen LogP contribution >= 0.6 is 23.2 Å². The Balaban J connectivity index is 2.05. The first-order valence-corrected chi connectivity index (χ1v) is 9.06. The van der Waals surface area contributed by atoms with E-state index in [4.69, 9.17) is 32.7 Å². The number of aryl methyl sites for hydroxylation is 1. The molecule has 0 fully saturated rings. The number of rotatable bonds is 6. The Morgan fingerprint density at radius 2 is 1.79 bits per heavy atom. The second-order valence-electron chi connectivity index (χ2n) is 5.86. The van der Waals surface area contributed by atoms with E-state index in [9.17, 15) is 14.4 Å². The first kappa shape index (κ1) is 21.7. The van der Waals surface area contributed by atoms with Crippen LogP contribution in [0, 0.1) is 20.8 Å². The summed E-state index contributed by atoms with van der Waals surface area (Å²) >= 11 is 12.0. The molecular formula is C18H19Cl2N3O5. The van der Waals surface area contributed by atoms with E-state index >= 15 is 0 Å². The molecule has 2 aromatic rings. The number of ether oxygens (including phenoxy) is 2. The van der Waals surface area contributed by atoms with Gasteiger partial charge in [0.05, 0.1) is 22.2 Å². The Hall–Kier alpha value is -2.58. The van der Waals surface area contributed by atoms with Gasteiger partial charge in [0.25, 0.3) is 5.91 Å². The molecule has 10 heteroatoms. The van der Waals surface area contributed by atoms with Crippen LogP contribution in [-0.2, 0) is 14.3 Å². The molecule has 2 aromatic heterocycles. The number of aromatic amines is 1. The average molecular weight is 428 g/mol. The number of carbonyl (C=O) groups is 3. The fraction of sp³-hybridized carbons (Fsp3) is 0.333. The lowest BCUT2D eigenvalue weighted by Gasteiger charge is -2.09. The van der Waals surface area contributed by atoms with Gasteiger partial charge in [-0.05, 0) is 38.8 Å². The molecule has 2 rings (SSSR count). The Labute approximate surface area is 171 Å². The number of amides is 1. The quantitative estimate of drug-likeness (QED) is 0.681. The third-order valence-electron chi connectivity index (χ3n) is 3.92. The van der Waals surface area contributed by atoms with Crippen LogP contribution in [0.2, 0.25) is 10.0 Å². The van der Waals surface area contributed by atoms with Crippen LogP contribution in [0.4, 0.5) is 5.82 Å². The lowest BCUT2D eigenvalue weighted by atomic mass is 10.1. The van der Waals surface area contributed by atoms with E-state index in [2.05, 4.69) is 15.3 Å². The monoisotopic (exact) mass is 427 g/mol. The molecule has 0 aliphatic heterocycles. The smallest absolute Gasteiger partial charge is 0.355 e. The number of aromatic nitrogens is 2. The van der Waals surface area contributed by atoms with Crippen LogP contribution in [-0.4, -0.2) is 41.0 Å². The zero-order valence-corrected chi connectivity index (χ0v) is 17.2. The molecule has 0 aliphatic carbocycles. The minimum atomic E-state index is -0.747. The topological polar surface area (TPSA) is 110 Å². The highest BCUT2D eigenvalue weighted by molar-refractivity contribution is 6.37. The van der Waals surface area contributed by atoms with Gasteiger partial charge in [0.2, 0.25) is 0 Å². The predicted molar refractivity (Wildman–Crippen MR) is 104 cm³/mol. The number of nitrogens with zero attached hydrogens (tertiary/aromatic N) is 1. The van der Waals surface area contributed by atoms with Gasteiger partial charge < -0.3 is 19.8 Å². The number of pyridine rings is 1. The van der Waals surface area contributed by atoms with Gasteiger partial charge in [0, 0.05) is 11.9 Å². The van der Waals surface area contributed by atoms with E-state index in [0.29, 0.717) is 21.8 Å². The number of hydrogen-bond donors (Lipinski definition) is 2. The van der Waals surface area contributed by atoms with Crippen molar-refractivity contribution in [2.45, 2.75) is 27.7 Å². The summed E-state index contributed by atoms with van der Waals surface area (Å²) < 4.78 is 9.99. The van der Waals surface area contributed by atoms with Gasteiger partial charge in [-0.3, -0.25) is 4.79 Å². The van der Waals surface area contributed by atoms with E-state index in [1.165, 1.54) is 6.20 Å². The van der Waals surface area contributed by atoms with Crippen molar-refractivity contribution < 1.29 is 23.9 Å². The summed E-state index contributed by atoms with van der Waals surface area (Å²) in [5.74, 6) is -1.83. The van der Waals surface area contributed by atoms with Crippen LogP contribution in [0.1, 0.15) is 44.6 Å². The van der Waals surface area contributed by atoms with Crippen LogP contribution in [0.3, 0.4) is 0 Å². The Kier molecular flexibility index (Phi) is 7.04. The SMILES string of the molecule is CCOC(=O)c1[nH]c(C)c(C(=O)OCC(=O)Nc2ncc(Cl)c(C)c2Cl)c1C. The van der Waals surface area contributed by atoms with Gasteiger partial charge in [-0.2, -0.15) is 0 Å². The number of anilines is 1. The summed E-state index contributed by atoms with van der Waals surface area (Å²) in [6, 6.07) is 0. The van der Waals surface area contributed by atoms with Crippen molar-refractivity contribution in [3.63, 3.8) is 0 Å². The first-order valence-electron chi connectivity index (χ1n) is 8.31. The molecule has 0 bridgehead atoms. The Morgan fingerprint density at radius 3 is 2.43 bits per heavy atom. The van der Waals surface area contributed by atoms with Crippen molar-refractivity contribution >= 4 is 46.9 Å². The second kappa shape index (κ2) is 9.07. The second-order valence-corrected chi connectivity index (χ2v) is 6.65. The highest BCUT2D eigenvalue weighted by Crippen LogP contribution is 2.28. The fourth-order valence-corrected chi connectivity index (χ4v) is 2.87. The summed E-state index contributed by atoms with van der Waals surface area (Å²) in [4.78, 5) is 43.1. The minimum absolute atomic E-state index is 0.114. The largest absolute Gasteiger partial charge is 0.461 e. The van der Waals surface area contributed by atoms with E-state index in [0.717, 1.165) is 0 Å². The lowest BCUT2D eigenvalue weighted by Crippen LogP contribution is -2.22. The van der Waals surface area contributed by atoms with Gasteiger partial charge >= 0.3 is 11.9 Å². The molecule has 0 radical (unpaired) electrons. The van der Waals surface area contributed by atoms with Gasteiger partial charge in [0.15, 0.2) is 12.4 Å². The minimum Gasteiger partial charge on any atom is -0.461 e. The summed E-state index contributed by atoms with van der Waals surface area (Å²) in [7, 11) is 0. The zero-order valence-electron chi connectivity index (χ0n) is 15.7. The molecule has 28 heavy (non-hydrogen) atoms. The molecule has 0 saturated carbocycles. The Morgan fingerprint density at radius 1 is 1.11 bits per heavy atom. The van der Waals surface area contributed by atoms with Crippen LogP contribution in [0.5, 0.6) is 0 Å². The number of H-pyrrole nitrogens is 1. The molecule has 150 valence electrons. The van der Waals surface area contributed by atoms with Gasteiger partial charge in [0.1, 0.15) is 5.69 Å². The number of halogens is 2. The van der Waals surface area contributed by atoms with Crippen molar-refractivity contribution in [3.8, 4) is 0 Å². The average Bonchev–Trinajstić information content (AvgIpc) is 2.95. The van der Waals surface area contributed by atoms with Crippen molar-refractivity contribution in [2.75, 3.05) is 18.5 Å². The maximum atomic E-state index is 12.4. The van der Waals surface area contributed by atoms with Crippen LogP contribution in [0.15, 0.2) is 6.20 Å². The van der Waals surface area contributed by atoms with E-state index in [1.807, 2.05) is 0 Å². The van der Waals surface area contributed by atoms with Crippen molar-refractivity contribution in [2.24, 2.45) is 0 Å². The maximum Gasteiger partial charge on any atom is 0.355 e. The first-order chi connectivity index (χ1) is 13.2. The molecule has 0 aliphatic rings. The van der Waals surface area contributed by atoms with Crippen LogP contribution < -0.4 is 5.32 Å².